The molecule has 8 heteroatoms. The maximum absolute atomic E-state index is 13.0. The van der Waals surface area contributed by atoms with E-state index in [2.05, 4.69) is 22.4 Å². The Balaban J connectivity index is 1.31. The molecule has 1 aromatic heterocycles. The Hall–Kier alpha value is -3.58. The molecule has 0 unspecified atom stereocenters. The van der Waals surface area contributed by atoms with Gasteiger partial charge >= 0.3 is 0 Å². The number of hydrogen-bond donors (Lipinski definition) is 1. The van der Waals surface area contributed by atoms with Crippen molar-refractivity contribution in [1.82, 2.24) is 9.88 Å². The summed E-state index contributed by atoms with van der Waals surface area (Å²) in [7, 11) is 3.13. The van der Waals surface area contributed by atoms with Crippen LogP contribution in [0.3, 0.4) is 0 Å². The maximum atomic E-state index is 13.0. The summed E-state index contributed by atoms with van der Waals surface area (Å²) in [5, 5.41) is 3.38. The highest BCUT2D eigenvalue weighted by atomic mass is 35.5. The highest BCUT2D eigenvalue weighted by molar-refractivity contribution is 6.30. The van der Waals surface area contributed by atoms with Crippen LogP contribution in [-0.4, -0.2) is 49.0 Å². The fourth-order valence-corrected chi connectivity index (χ4v) is 4.77. The van der Waals surface area contributed by atoms with Gasteiger partial charge in [0.15, 0.2) is 0 Å². The van der Waals surface area contributed by atoms with E-state index in [1.165, 1.54) is 18.9 Å². The lowest BCUT2D eigenvalue weighted by Gasteiger charge is -2.32. The molecule has 3 aromatic rings. The number of nitrogens with zero attached hydrogens (tertiary/aromatic N) is 2. The first-order valence-electron chi connectivity index (χ1n) is 11.9. The number of aryl methyl sites for hydroxylation is 1. The quantitative estimate of drug-likeness (QED) is 0.471. The smallest absolute Gasteiger partial charge is 0.259 e. The molecule has 1 aliphatic heterocycles. The zero-order chi connectivity index (χ0) is 25.7. The van der Waals surface area contributed by atoms with Crippen molar-refractivity contribution in [2.24, 2.45) is 0 Å². The summed E-state index contributed by atoms with van der Waals surface area (Å²) in [6, 6.07) is 15.3. The van der Waals surface area contributed by atoms with Crippen molar-refractivity contribution in [3.8, 4) is 11.6 Å². The van der Waals surface area contributed by atoms with E-state index < -0.39 is 0 Å². The minimum absolute atomic E-state index is 0.0647. The van der Waals surface area contributed by atoms with Crippen LogP contribution in [0.15, 0.2) is 54.7 Å². The normalized spacial score (nSPS) is 13.8. The summed E-state index contributed by atoms with van der Waals surface area (Å²) < 4.78 is 10.5. The summed E-state index contributed by atoms with van der Waals surface area (Å²) in [6.45, 7) is 3.24. The van der Waals surface area contributed by atoms with Crippen molar-refractivity contribution in [1.29, 1.82) is 0 Å². The van der Waals surface area contributed by atoms with Gasteiger partial charge in [-0.3, -0.25) is 9.59 Å². The van der Waals surface area contributed by atoms with Crippen molar-refractivity contribution in [3.05, 3.63) is 82.0 Å². The van der Waals surface area contributed by atoms with Gasteiger partial charge in [-0.15, -0.1) is 0 Å². The van der Waals surface area contributed by atoms with Gasteiger partial charge in [0, 0.05) is 25.0 Å². The molecule has 0 atom stereocenters. The van der Waals surface area contributed by atoms with Gasteiger partial charge in [0.2, 0.25) is 11.8 Å². The number of rotatable bonds is 7. The van der Waals surface area contributed by atoms with Crippen molar-refractivity contribution in [2.45, 2.75) is 32.1 Å². The van der Waals surface area contributed by atoms with Crippen molar-refractivity contribution >= 4 is 29.1 Å². The van der Waals surface area contributed by atoms with Crippen LogP contribution in [0.5, 0.6) is 11.6 Å². The molecular weight excluding hydrogens is 478 g/mol. The maximum Gasteiger partial charge on any atom is 0.259 e. The summed E-state index contributed by atoms with van der Waals surface area (Å²) in [5.74, 6) is 1.26. The van der Waals surface area contributed by atoms with Crippen LogP contribution in [-0.2, 0) is 11.2 Å². The number of methoxy groups -OCH3 is 2. The predicted octanol–water partition coefficient (Wildman–Crippen LogP) is 5.26. The number of hydrogen-bond acceptors (Lipinski definition) is 5. The molecular formula is C28H30ClN3O4. The Labute approximate surface area is 216 Å². The third kappa shape index (κ3) is 5.97. The van der Waals surface area contributed by atoms with Crippen LogP contribution in [0, 0.1) is 6.92 Å². The monoisotopic (exact) mass is 507 g/mol. The Morgan fingerprint density at radius 3 is 2.42 bits per heavy atom. The number of benzene rings is 2. The van der Waals surface area contributed by atoms with E-state index in [9.17, 15) is 9.59 Å². The van der Waals surface area contributed by atoms with Crippen LogP contribution in [0.1, 0.15) is 45.8 Å². The summed E-state index contributed by atoms with van der Waals surface area (Å²) in [4.78, 5) is 31.4. The number of ether oxygens (including phenoxy) is 2. The second-order valence-electron chi connectivity index (χ2n) is 8.93. The summed E-state index contributed by atoms with van der Waals surface area (Å²) in [5.41, 5.74) is 4.29. The number of carbonyl (C=O) groups excluding carboxylic acids is 2. The molecule has 1 aliphatic rings. The van der Waals surface area contributed by atoms with Crippen LogP contribution < -0.4 is 14.8 Å². The molecule has 2 amide bonds. The largest absolute Gasteiger partial charge is 0.496 e. The Morgan fingerprint density at radius 2 is 1.78 bits per heavy atom. The number of likely N-dealkylation sites (tertiary alicyclic amines) is 1. The van der Waals surface area contributed by atoms with Gasteiger partial charge in [0.05, 0.1) is 25.7 Å². The molecule has 0 bridgehead atoms. The standard InChI is InChI=1S/C28H30ClN3O4/c1-18-14-19(4-9-25(18)35-2)15-26(33)31-23-7-5-20(6-8-23)21-10-12-32(13-11-21)28(34)24-16-22(29)17-30-27(24)36-3/h4-9,14,16-17,21H,10-13,15H2,1-3H3,(H,31,33). The zero-order valence-electron chi connectivity index (χ0n) is 20.7. The van der Waals surface area contributed by atoms with E-state index in [4.69, 9.17) is 21.1 Å². The van der Waals surface area contributed by atoms with Crippen molar-refractivity contribution in [2.75, 3.05) is 32.6 Å². The van der Waals surface area contributed by atoms with Crippen molar-refractivity contribution < 1.29 is 19.1 Å². The Morgan fingerprint density at radius 1 is 1.06 bits per heavy atom. The van der Waals surface area contributed by atoms with E-state index in [1.807, 2.05) is 42.2 Å². The van der Waals surface area contributed by atoms with E-state index in [1.54, 1.807) is 13.2 Å². The molecule has 36 heavy (non-hydrogen) atoms. The van der Waals surface area contributed by atoms with E-state index in [-0.39, 0.29) is 17.7 Å². The van der Waals surface area contributed by atoms with E-state index in [0.29, 0.717) is 36.0 Å². The summed E-state index contributed by atoms with van der Waals surface area (Å²) >= 11 is 6.04. The number of anilines is 1. The van der Waals surface area contributed by atoms with Gasteiger partial charge in [0.25, 0.3) is 5.91 Å². The van der Waals surface area contributed by atoms with Crippen LogP contribution >= 0.6 is 11.6 Å². The molecule has 4 rings (SSSR count). The van der Waals surface area contributed by atoms with Gasteiger partial charge in [-0.2, -0.15) is 0 Å². The minimum atomic E-state index is -0.120. The highest BCUT2D eigenvalue weighted by Gasteiger charge is 2.27. The number of amides is 2. The van der Waals surface area contributed by atoms with Crippen molar-refractivity contribution in [3.63, 3.8) is 0 Å². The fraction of sp³-hybridized carbons (Fsp3) is 0.321. The first-order chi connectivity index (χ1) is 17.4. The average molecular weight is 508 g/mol. The minimum Gasteiger partial charge on any atom is -0.496 e. The molecule has 0 saturated carbocycles. The van der Waals surface area contributed by atoms with Gasteiger partial charge in [-0.1, -0.05) is 35.9 Å². The highest BCUT2D eigenvalue weighted by Crippen LogP contribution is 2.31. The number of carbonyl (C=O) groups is 2. The lowest BCUT2D eigenvalue weighted by Crippen LogP contribution is -2.38. The topological polar surface area (TPSA) is 80.8 Å². The molecule has 0 aliphatic carbocycles. The number of aromatic nitrogens is 1. The Kier molecular flexibility index (Phi) is 8.10. The molecule has 2 aromatic carbocycles. The van der Waals surface area contributed by atoms with Crippen LogP contribution in [0.2, 0.25) is 5.02 Å². The number of nitrogens with one attached hydrogen (secondary N) is 1. The second-order valence-corrected chi connectivity index (χ2v) is 9.36. The molecule has 2 heterocycles. The van der Waals surface area contributed by atoms with E-state index in [0.717, 1.165) is 35.4 Å². The van der Waals surface area contributed by atoms with Gasteiger partial charge < -0.3 is 19.7 Å². The third-order valence-corrected chi connectivity index (χ3v) is 6.72. The molecule has 188 valence electrons. The first-order valence-corrected chi connectivity index (χ1v) is 12.3. The molecule has 0 spiro atoms. The molecule has 0 radical (unpaired) electrons. The van der Waals surface area contributed by atoms with E-state index >= 15 is 0 Å². The third-order valence-electron chi connectivity index (χ3n) is 6.51. The summed E-state index contributed by atoms with van der Waals surface area (Å²) in [6.07, 6.45) is 3.47. The number of piperidine rings is 1. The molecule has 7 nitrogen and oxygen atoms in total. The van der Waals surface area contributed by atoms with Crippen LogP contribution in [0.4, 0.5) is 5.69 Å². The zero-order valence-corrected chi connectivity index (χ0v) is 21.5. The molecule has 1 N–H and O–H groups in total. The van der Waals surface area contributed by atoms with Crippen LogP contribution in [0.25, 0.3) is 0 Å². The van der Waals surface area contributed by atoms with Gasteiger partial charge in [-0.25, -0.2) is 4.98 Å². The van der Waals surface area contributed by atoms with Gasteiger partial charge in [-0.05, 0) is 66.6 Å². The first kappa shape index (κ1) is 25.5. The molecule has 1 saturated heterocycles. The SMILES string of the molecule is COc1ccc(CC(=O)Nc2ccc(C3CCN(C(=O)c4cc(Cl)cnc4OC)CC3)cc2)cc1C. The Bertz CT molecular complexity index is 1240. The number of halogens is 1. The predicted molar refractivity (Wildman–Crippen MR) is 140 cm³/mol. The lowest BCUT2D eigenvalue weighted by molar-refractivity contribution is -0.115. The van der Waals surface area contributed by atoms with Gasteiger partial charge in [0.1, 0.15) is 11.3 Å². The average Bonchev–Trinajstić information content (AvgIpc) is 2.89. The second kappa shape index (κ2) is 11.4. The lowest BCUT2D eigenvalue weighted by atomic mass is 9.89. The molecule has 1 fully saturated rings. The number of pyridine rings is 1. The fourth-order valence-electron chi connectivity index (χ4n) is 4.61.